The number of rotatable bonds is 7. The van der Waals surface area contributed by atoms with Crippen LogP contribution in [0.3, 0.4) is 0 Å². The third-order valence-corrected chi connectivity index (χ3v) is 2.88. The van der Waals surface area contributed by atoms with Crippen LogP contribution in [0.5, 0.6) is 0 Å². The van der Waals surface area contributed by atoms with Crippen molar-refractivity contribution in [1.29, 1.82) is 0 Å². The van der Waals surface area contributed by atoms with Crippen molar-refractivity contribution in [1.82, 2.24) is 9.88 Å². The van der Waals surface area contributed by atoms with Gasteiger partial charge < -0.3 is 16.0 Å². The Morgan fingerprint density at radius 2 is 2.10 bits per heavy atom. The molecule has 112 valence electrons. The van der Waals surface area contributed by atoms with E-state index in [0.29, 0.717) is 18.8 Å². The molecular weight excluding hydrogens is 266 g/mol. The van der Waals surface area contributed by atoms with E-state index in [2.05, 4.69) is 10.3 Å². The number of halogens is 2. The van der Waals surface area contributed by atoms with Gasteiger partial charge in [0.15, 0.2) is 0 Å². The number of amides is 1. The van der Waals surface area contributed by atoms with Crippen LogP contribution in [0.25, 0.3) is 0 Å². The first-order chi connectivity index (χ1) is 9.43. The number of carbonyl (C=O) groups excluding carboxylic acids is 1. The largest absolute Gasteiger partial charge is 0.379 e. The molecule has 0 aliphatic rings. The second kappa shape index (κ2) is 7.14. The highest BCUT2D eigenvalue weighted by atomic mass is 19.3. The standard InChI is InChI=1S/C13H20F2N4O/c1-3-19(4-2)12(20)11-7-10(5-6-17-11)18-9-13(14,15)8-16/h5-7H,3-4,8-9,16H2,1-2H3,(H,17,18). The van der Waals surface area contributed by atoms with Crippen LogP contribution >= 0.6 is 0 Å². The van der Waals surface area contributed by atoms with Crippen LogP contribution in [0.4, 0.5) is 14.5 Å². The average Bonchev–Trinajstić information content (AvgIpc) is 2.47. The van der Waals surface area contributed by atoms with Crippen LogP contribution in [0.15, 0.2) is 18.3 Å². The molecule has 0 unspecified atom stereocenters. The number of hydrogen-bond acceptors (Lipinski definition) is 4. The third-order valence-electron chi connectivity index (χ3n) is 2.88. The van der Waals surface area contributed by atoms with E-state index in [1.54, 1.807) is 4.90 Å². The van der Waals surface area contributed by atoms with Gasteiger partial charge in [-0.25, -0.2) is 8.78 Å². The SMILES string of the molecule is CCN(CC)C(=O)c1cc(NCC(F)(F)CN)ccn1. The maximum Gasteiger partial charge on any atom is 0.276 e. The van der Waals surface area contributed by atoms with E-state index in [-0.39, 0.29) is 11.6 Å². The molecule has 0 fully saturated rings. The molecule has 1 aromatic rings. The van der Waals surface area contributed by atoms with Crippen LogP contribution in [-0.2, 0) is 0 Å². The van der Waals surface area contributed by atoms with E-state index in [9.17, 15) is 13.6 Å². The van der Waals surface area contributed by atoms with Crippen molar-refractivity contribution in [3.8, 4) is 0 Å². The molecule has 0 saturated carbocycles. The lowest BCUT2D eigenvalue weighted by Gasteiger charge is -2.19. The molecule has 1 aromatic heterocycles. The van der Waals surface area contributed by atoms with Crippen LogP contribution in [0.2, 0.25) is 0 Å². The number of carbonyl (C=O) groups is 1. The molecule has 0 aliphatic carbocycles. The summed E-state index contributed by atoms with van der Waals surface area (Å²) in [4.78, 5) is 17.7. The maximum absolute atomic E-state index is 13.1. The fourth-order valence-electron chi connectivity index (χ4n) is 1.63. The number of nitrogens with one attached hydrogen (secondary N) is 1. The minimum Gasteiger partial charge on any atom is -0.379 e. The van der Waals surface area contributed by atoms with E-state index in [4.69, 9.17) is 5.73 Å². The van der Waals surface area contributed by atoms with Gasteiger partial charge in [0.2, 0.25) is 0 Å². The summed E-state index contributed by atoms with van der Waals surface area (Å²) in [5.41, 5.74) is 5.61. The van der Waals surface area contributed by atoms with Gasteiger partial charge in [-0.2, -0.15) is 0 Å². The topological polar surface area (TPSA) is 71.2 Å². The summed E-state index contributed by atoms with van der Waals surface area (Å²) in [7, 11) is 0. The Balaban J connectivity index is 2.78. The first kappa shape index (κ1) is 16.3. The van der Waals surface area contributed by atoms with Gasteiger partial charge in [-0.05, 0) is 26.0 Å². The molecule has 7 heteroatoms. The fraction of sp³-hybridized carbons (Fsp3) is 0.538. The number of alkyl halides is 2. The summed E-state index contributed by atoms with van der Waals surface area (Å²) in [5.74, 6) is -3.20. The molecule has 0 bridgehead atoms. The summed E-state index contributed by atoms with van der Waals surface area (Å²) < 4.78 is 26.1. The van der Waals surface area contributed by atoms with Crippen LogP contribution in [-0.4, -0.2) is 47.9 Å². The van der Waals surface area contributed by atoms with E-state index in [1.807, 2.05) is 13.8 Å². The van der Waals surface area contributed by atoms with Crippen molar-refractivity contribution < 1.29 is 13.6 Å². The lowest BCUT2D eigenvalue weighted by molar-refractivity contribution is 0.0254. The molecule has 0 radical (unpaired) electrons. The van der Waals surface area contributed by atoms with E-state index in [1.165, 1.54) is 18.3 Å². The zero-order valence-electron chi connectivity index (χ0n) is 11.7. The first-order valence-corrected chi connectivity index (χ1v) is 6.50. The van der Waals surface area contributed by atoms with Crippen molar-refractivity contribution >= 4 is 11.6 Å². The molecule has 1 amide bonds. The Kier molecular flexibility index (Phi) is 5.82. The number of nitrogens with zero attached hydrogens (tertiary/aromatic N) is 2. The predicted molar refractivity (Wildman–Crippen MR) is 74.0 cm³/mol. The third kappa shape index (κ3) is 4.41. The predicted octanol–water partition coefficient (Wildman–Crippen LogP) is 1.57. The minimum absolute atomic E-state index is 0.218. The van der Waals surface area contributed by atoms with Gasteiger partial charge >= 0.3 is 0 Å². The highest BCUT2D eigenvalue weighted by Crippen LogP contribution is 2.15. The molecule has 0 aliphatic heterocycles. The van der Waals surface area contributed by atoms with Gasteiger partial charge in [0, 0.05) is 25.0 Å². The Hall–Kier alpha value is -1.76. The molecular formula is C13H20F2N4O. The quantitative estimate of drug-likeness (QED) is 0.798. The molecule has 0 atom stereocenters. The number of pyridine rings is 1. The fourth-order valence-corrected chi connectivity index (χ4v) is 1.63. The van der Waals surface area contributed by atoms with Gasteiger partial charge in [-0.1, -0.05) is 0 Å². The van der Waals surface area contributed by atoms with E-state index >= 15 is 0 Å². The Morgan fingerprint density at radius 3 is 2.65 bits per heavy atom. The molecule has 1 rings (SSSR count). The Bertz CT molecular complexity index is 450. The number of nitrogens with two attached hydrogens (primary N) is 1. The van der Waals surface area contributed by atoms with Gasteiger partial charge in [0.1, 0.15) is 5.69 Å². The summed E-state index contributed by atoms with van der Waals surface area (Å²) in [6.07, 6.45) is 1.42. The molecule has 3 N–H and O–H groups in total. The van der Waals surface area contributed by atoms with Crippen molar-refractivity contribution in [2.75, 3.05) is 31.5 Å². The Morgan fingerprint density at radius 1 is 1.45 bits per heavy atom. The minimum atomic E-state index is -2.98. The molecule has 0 spiro atoms. The molecule has 0 saturated heterocycles. The average molecular weight is 286 g/mol. The zero-order valence-corrected chi connectivity index (χ0v) is 11.7. The number of anilines is 1. The van der Waals surface area contributed by atoms with Gasteiger partial charge in [0.05, 0.1) is 13.1 Å². The second-order valence-corrected chi connectivity index (χ2v) is 4.32. The number of aromatic nitrogens is 1. The number of hydrogen-bond donors (Lipinski definition) is 2. The van der Waals surface area contributed by atoms with Crippen LogP contribution in [0.1, 0.15) is 24.3 Å². The zero-order chi connectivity index (χ0) is 15.2. The molecule has 20 heavy (non-hydrogen) atoms. The highest BCUT2D eigenvalue weighted by molar-refractivity contribution is 5.93. The van der Waals surface area contributed by atoms with Crippen molar-refractivity contribution in [2.24, 2.45) is 5.73 Å². The molecule has 1 heterocycles. The van der Waals surface area contributed by atoms with Crippen LogP contribution < -0.4 is 11.1 Å². The van der Waals surface area contributed by atoms with Crippen LogP contribution in [0, 0.1) is 0 Å². The highest BCUT2D eigenvalue weighted by Gasteiger charge is 2.26. The van der Waals surface area contributed by atoms with Gasteiger partial charge in [0.25, 0.3) is 11.8 Å². The lowest BCUT2D eigenvalue weighted by Crippen LogP contribution is -2.35. The first-order valence-electron chi connectivity index (χ1n) is 6.50. The molecule has 0 aromatic carbocycles. The summed E-state index contributed by atoms with van der Waals surface area (Å²) in [6.45, 7) is 3.57. The summed E-state index contributed by atoms with van der Waals surface area (Å²) >= 11 is 0. The van der Waals surface area contributed by atoms with E-state index < -0.39 is 19.0 Å². The summed E-state index contributed by atoms with van der Waals surface area (Å²) in [6, 6.07) is 3.00. The van der Waals surface area contributed by atoms with Gasteiger partial charge in [-0.3, -0.25) is 9.78 Å². The second-order valence-electron chi connectivity index (χ2n) is 4.32. The van der Waals surface area contributed by atoms with Crippen molar-refractivity contribution in [3.63, 3.8) is 0 Å². The normalized spacial score (nSPS) is 11.2. The van der Waals surface area contributed by atoms with Crippen molar-refractivity contribution in [3.05, 3.63) is 24.0 Å². The monoisotopic (exact) mass is 286 g/mol. The van der Waals surface area contributed by atoms with Crippen molar-refractivity contribution in [2.45, 2.75) is 19.8 Å². The smallest absolute Gasteiger partial charge is 0.276 e. The lowest BCUT2D eigenvalue weighted by atomic mass is 10.2. The van der Waals surface area contributed by atoms with E-state index in [0.717, 1.165) is 0 Å². The van der Waals surface area contributed by atoms with Gasteiger partial charge in [-0.15, -0.1) is 0 Å². The maximum atomic E-state index is 13.1. The summed E-state index contributed by atoms with van der Waals surface area (Å²) in [5, 5.41) is 2.57. The Labute approximate surface area is 117 Å². The molecule has 5 nitrogen and oxygen atoms in total.